The standard InChI is InChI=1S/C17H20N4O3S2/c1-13-17(9-16(25-13)15-4-5-19-24-15)26(22,23)21-7-2-3-14(11-21)10-20-8-6-18-12-20/h4-6,8-9,12,14H,2-3,7,10-11H2,1H3. The van der Waals surface area contributed by atoms with Crippen LogP contribution in [0.4, 0.5) is 0 Å². The van der Waals surface area contributed by atoms with Gasteiger partial charge in [-0.25, -0.2) is 13.4 Å². The Morgan fingerprint density at radius 2 is 2.27 bits per heavy atom. The summed E-state index contributed by atoms with van der Waals surface area (Å²) in [5, 5.41) is 3.70. The molecule has 4 rings (SSSR count). The van der Waals surface area contributed by atoms with E-state index in [1.54, 1.807) is 35.2 Å². The van der Waals surface area contributed by atoms with Gasteiger partial charge < -0.3 is 9.09 Å². The molecule has 0 amide bonds. The monoisotopic (exact) mass is 392 g/mol. The number of imidazole rings is 1. The fourth-order valence-corrected chi connectivity index (χ4v) is 6.48. The molecule has 0 N–H and O–H groups in total. The summed E-state index contributed by atoms with van der Waals surface area (Å²) in [5.74, 6) is 0.886. The van der Waals surface area contributed by atoms with Gasteiger partial charge in [-0.1, -0.05) is 5.16 Å². The van der Waals surface area contributed by atoms with Crippen LogP contribution in [0.1, 0.15) is 17.7 Å². The second kappa shape index (κ2) is 6.98. The number of rotatable bonds is 5. The predicted octanol–water partition coefficient (Wildman–Crippen LogP) is 3.01. The minimum atomic E-state index is -3.52. The maximum Gasteiger partial charge on any atom is 0.244 e. The topological polar surface area (TPSA) is 81.2 Å². The van der Waals surface area contributed by atoms with Crippen molar-refractivity contribution >= 4 is 21.4 Å². The first-order valence-electron chi connectivity index (χ1n) is 8.51. The highest BCUT2D eigenvalue weighted by molar-refractivity contribution is 7.89. The zero-order valence-corrected chi connectivity index (χ0v) is 16.0. The molecule has 1 saturated heterocycles. The van der Waals surface area contributed by atoms with Crippen LogP contribution in [0.15, 0.2) is 46.5 Å². The van der Waals surface area contributed by atoms with Gasteiger partial charge in [0.15, 0.2) is 5.76 Å². The second-order valence-corrected chi connectivity index (χ2v) is 9.70. The molecule has 26 heavy (non-hydrogen) atoms. The van der Waals surface area contributed by atoms with Crippen LogP contribution in [0.2, 0.25) is 0 Å². The predicted molar refractivity (Wildman–Crippen MR) is 98.3 cm³/mol. The zero-order chi connectivity index (χ0) is 18.1. The summed E-state index contributed by atoms with van der Waals surface area (Å²) in [7, 11) is -3.52. The lowest BCUT2D eigenvalue weighted by atomic mass is 10.00. The van der Waals surface area contributed by atoms with E-state index >= 15 is 0 Å². The summed E-state index contributed by atoms with van der Waals surface area (Å²) in [6.45, 7) is 3.73. The minimum absolute atomic E-state index is 0.292. The summed E-state index contributed by atoms with van der Waals surface area (Å²) in [6.07, 6.45) is 8.90. The Bertz CT molecular complexity index is 962. The van der Waals surface area contributed by atoms with Crippen LogP contribution in [0.3, 0.4) is 0 Å². The Balaban J connectivity index is 1.56. The summed E-state index contributed by atoms with van der Waals surface area (Å²) in [4.78, 5) is 5.99. The zero-order valence-electron chi connectivity index (χ0n) is 14.4. The summed E-state index contributed by atoms with van der Waals surface area (Å²) in [5.41, 5.74) is 0. The fourth-order valence-electron chi connectivity index (χ4n) is 3.41. The van der Waals surface area contributed by atoms with Crippen LogP contribution in [0, 0.1) is 12.8 Å². The summed E-state index contributed by atoms with van der Waals surface area (Å²) >= 11 is 1.42. The van der Waals surface area contributed by atoms with E-state index in [0.717, 1.165) is 29.1 Å². The molecule has 4 heterocycles. The van der Waals surface area contributed by atoms with Crippen LogP contribution >= 0.6 is 11.3 Å². The number of aromatic nitrogens is 3. The lowest BCUT2D eigenvalue weighted by Crippen LogP contribution is -2.41. The molecule has 0 aromatic carbocycles. The van der Waals surface area contributed by atoms with Crippen LogP contribution in [0.5, 0.6) is 0 Å². The van der Waals surface area contributed by atoms with Crippen molar-refractivity contribution in [1.29, 1.82) is 0 Å². The SMILES string of the molecule is Cc1sc(-c2ccno2)cc1S(=O)(=O)N1CCCC(Cn2ccnc2)C1. The van der Waals surface area contributed by atoms with E-state index in [-0.39, 0.29) is 0 Å². The highest BCUT2D eigenvalue weighted by Gasteiger charge is 2.32. The number of piperidine rings is 1. The molecule has 7 nitrogen and oxygen atoms in total. The molecule has 138 valence electrons. The Morgan fingerprint density at radius 1 is 1.38 bits per heavy atom. The van der Waals surface area contributed by atoms with Gasteiger partial charge in [0.2, 0.25) is 10.0 Å². The first kappa shape index (κ1) is 17.4. The number of hydrogen-bond acceptors (Lipinski definition) is 6. The second-order valence-electron chi connectivity index (χ2n) is 6.54. The highest BCUT2D eigenvalue weighted by atomic mass is 32.2. The molecule has 3 aromatic heterocycles. The smallest absolute Gasteiger partial charge is 0.244 e. The molecule has 1 atom stereocenters. The molecular formula is C17H20N4O3S2. The molecule has 0 radical (unpaired) electrons. The molecule has 1 unspecified atom stereocenters. The summed E-state index contributed by atoms with van der Waals surface area (Å²) < 4.78 is 35.2. The van der Waals surface area contributed by atoms with Crippen LogP contribution < -0.4 is 0 Å². The molecule has 9 heteroatoms. The highest BCUT2D eigenvalue weighted by Crippen LogP contribution is 2.35. The normalized spacial score (nSPS) is 19.0. The molecule has 1 aliphatic rings. The average molecular weight is 393 g/mol. The third kappa shape index (κ3) is 3.34. The Morgan fingerprint density at radius 3 is 3.00 bits per heavy atom. The average Bonchev–Trinajstić information content (AvgIpc) is 3.36. The molecule has 0 bridgehead atoms. The Kier molecular flexibility index (Phi) is 4.68. The fraction of sp³-hybridized carbons (Fsp3) is 0.412. The first-order valence-corrected chi connectivity index (χ1v) is 10.8. The van der Waals surface area contributed by atoms with Gasteiger partial charge in [0.1, 0.15) is 0 Å². The number of thiophene rings is 1. The quantitative estimate of drug-likeness (QED) is 0.667. The molecule has 1 aliphatic heterocycles. The molecule has 1 fully saturated rings. The number of sulfonamides is 1. The van der Waals surface area contributed by atoms with E-state index < -0.39 is 10.0 Å². The van der Waals surface area contributed by atoms with Crippen molar-refractivity contribution in [3.63, 3.8) is 0 Å². The van der Waals surface area contributed by atoms with Gasteiger partial charge in [-0.3, -0.25) is 0 Å². The van der Waals surface area contributed by atoms with Crippen molar-refractivity contribution in [2.24, 2.45) is 5.92 Å². The van der Waals surface area contributed by atoms with Crippen molar-refractivity contribution in [1.82, 2.24) is 19.0 Å². The molecule has 0 saturated carbocycles. The third-order valence-corrected chi connectivity index (χ3v) is 7.87. The number of nitrogens with zero attached hydrogens (tertiary/aromatic N) is 4. The van der Waals surface area contributed by atoms with Gasteiger partial charge in [-0.05, 0) is 31.7 Å². The van der Waals surface area contributed by atoms with Crippen molar-refractivity contribution in [2.75, 3.05) is 13.1 Å². The molecule has 3 aromatic rings. The van der Waals surface area contributed by atoms with Gasteiger partial charge in [0.05, 0.1) is 22.3 Å². The van der Waals surface area contributed by atoms with E-state index in [2.05, 4.69) is 10.1 Å². The van der Waals surface area contributed by atoms with Crippen LogP contribution in [-0.4, -0.2) is 40.5 Å². The van der Waals surface area contributed by atoms with E-state index in [1.807, 2.05) is 17.7 Å². The molecule has 0 aliphatic carbocycles. The Labute approximate surface area is 156 Å². The lowest BCUT2D eigenvalue weighted by Gasteiger charge is -2.32. The number of aryl methyl sites for hydroxylation is 1. The van der Waals surface area contributed by atoms with Crippen LogP contribution in [0.25, 0.3) is 10.6 Å². The van der Waals surface area contributed by atoms with Crippen molar-refractivity contribution < 1.29 is 12.9 Å². The van der Waals surface area contributed by atoms with Gasteiger partial charge in [-0.2, -0.15) is 4.31 Å². The third-order valence-electron chi connectivity index (χ3n) is 4.68. The Hall–Kier alpha value is -1.97. The van der Waals surface area contributed by atoms with Gasteiger partial charge in [-0.15, -0.1) is 11.3 Å². The number of hydrogen-bond donors (Lipinski definition) is 0. The lowest BCUT2D eigenvalue weighted by molar-refractivity contribution is 0.245. The largest absolute Gasteiger partial charge is 0.355 e. The van der Waals surface area contributed by atoms with Crippen molar-refractivity contribution in [3.05, 3.63) is 41.9 Å². The van der Waals surface area contributed by atoms with E-state index in [4.69, 9.17) is 4.52 Å². The van der Waals surface area contributed by atoms with Crippen molar-refractivity contribution in [3.8, 4) is 10.6 Å². The summed E-state index contributed by atoms with van der Waals surface area (Å²) in [6, 6.07) is 3.44. The first-order chi connectivity index (χ1) is 12.5. The van der Waals surface area contributed by atoms with Crippen molar-refractivity contribution in [2.45, 2.75) is 31.2 Å². The molecule has 0 spiro atoms. The van der Waals surface area contributed by atoms with E-state index in [1.165, 1.54) is 11.3 Å². The van der Waals surface area contributed by atoms with Crippen LogP contribution in [-0.2, 0) is 16.6 Å². The van der Waals surface area contributed by atoms with Gasteiger partial charge in [0.25, 0.3) is 0 Å². The van der Waals surface area contributed by atoms with E-state index in [0.29, 0.717) is 29.7 Å². The van der Waals surface area contributed by atoms with Gasteiger partial charge >= 0.3 is 0 Å². The van der Waals surface area contributed by atoms with E-state index in [9.17, 15) is 8.42 Å². The molecular weight excluding hydrogens is 372 g/mol. The minimum Gasteiger partial charge on any atom is -0.355 e. The van der Waals surface area contributed by atoms with Gasteiger partial charge in [0, 0.05) is 43.0 Å². The maximum atomic E-state index is 13.2. The maximum absolute atomic E-state index is 13.2.